The predicted molar refractivity (Wildman–Crippen MR) is 107 cm³/mol. The molecule has 0 aromatic carbocycles. The monoisotopic (exact) mass is 380 g/mol. The lowest BCUT2D eigenvalue weighted by molar-refractivity contribution is 0.0657. The highest BCUT2D eigenvalue weighted by molar-refractivity contribution is 7.21. The van der Waals surface area contributed by atoms with Crippen LogP contribution in [0.25, 0.3) is 21.6 Å². The molecule has 7 nitrogen and oxygen atoms in total. The van der Waals surface area contributed by atoms with Gasteiger partial charge in [-0.25, -0.2) is 15.0 Å². The Morgan fingerprint density at radius 3 is 2.89 bits per heavy atom. The molecule has 0 atom stereocenters. The number of ether oxygens (including phenoxy) is 1. The molecular formula is C19H20N6OS. The molecule has 2 N–H and O–H groups in total. The Hall–Kier alpha value is -2.84. The van der Waals surface area contributed by atoms with Crippen molar-refractivity contribution < 1.29 is 4.74 Å². The average Bonchev–Trinajstić information content (AvgIpc) is 3.25. The SMILES string of the molecule is Cc1[nH]ncc1-c1ccc2nc(Nc3cc(COC(C)C)ccn3)sc2n1. The Balaban J connectivity index is 1.56. The van der Waals surface area contributed by atoms with Gasteiger partial charge in [0.25, 0.3) is 0 Å². The van der Waals surface area contributed by atoms with Crippen molar-refractivity contribution in [2.24, 2.45) is 0 Å². The molecule has 8 heteroatoms. The van der Waals surface area contributed by atoms with Gasteiger partial charge in [-0.3, -0.25) is 5.10 Å². The zero-order chi connectivity index (χ0) is 18.8. The third-order valence-electron chi connectivity index (χ3n) is 4.00. The van der Waals surface area contributed by atoms with E-state index in [-0.39, 0.29) is 6.10 Å². The molecule has 0 radical (unpaired) electrons. The lowest BCUT2D eigenvalue weighted by Crippen LogP contribution is -2.03. The smallest absolute Gasteiger partial charge is 0.190 e. The van der Waals surface area contributed by atoms with E-state index in [4.69, 9.17) is 9.72 Å². The Labute approximate surface area is 160 Å². The zero-order valence-electron chi connectivity index (χ0n) is 15.4. The van der Waals surface area contributed by atoms with Gasteiger partial charge in [-0.15, -0.1) is 0 Å². The van der Waals surface area contributed by atoms with Crippen molar-refractivity contribution in [1.82, 2.24) is 25.1 Å². The fourth-order valence-corrected chi connectivity index (χ4v) is 3.48. The van der Waals surface area contributed by atoms with Gasteiger partial charge in [0.05, 0.1) is 24.6 Å². The Morgan fingerprint density at radius 2 is 2.11 bits per heavy atom. The summed E-state index contributed by atoms with van der Waals surface area (Å²) in [5.41, 5.74) is 4.80. The topological polar surface area (TPSA) is 88.6 Å². The second-order valence-corrected chi connectivity index (χ2v) is 7.46. The van der Waals surface area contributed by atoms with Crippen LogP contribution in [0, 0.1) is 6.92 Å². The van der Waals surface area contributed by atoms with E-state index in [1.54, 1.807) is 12.4 Å². The molecule has 0 spiro atoms. The molecule has 0 saturated carbocycles. The normalized spacial score (nSPS) is 11.4. The number of nitrogens with zero attached hydrogens (tertiary/aromatic N) is 4. The maximum absolute atomic E-state index is 5.65. The lowest BCUT2D eigenvalue weighted by Gasteiger charge is -2.08. The maximum atomic E-state index is 5.65. The molecule has 0 fully saturated rings. The number of rotatable bonds is 6. The van der Waals surface area contributed by atoms with E-state index in [0.717, 1.165) is 43.8 Å². The molecule has 0 aliphatic rings. The molecule has 0 amide bonds. The number of nitrogens with one attached hydrogen (secondary N) is 2. The molecule has 4 rings (SSSR count). The number of pyridine rings is 2. The van der Waals surface area contributed by atoms with Crippen molar-refractivity contribution in [2.45, 2.75) is 33.5 Å². The van der Waals surface area contributed by atoms with Crippen molar-refractivity contribution in [3.05, 3.63) is 47.9 Å². The van der Waals surface area contributed by atoms with Crippen LogP contribution in [0.3, 0.4) is 0 Å². The van der Waals surface area contributed by atoms with Gasteiger partial charge in [0.15, 0.2) is 5.13 Å². The van der Waals surface area contributed by atoms with Crippen molar-refractivity contribution in [3.8, 4) is 11.3 Å². The first-order valence-electron chi connectivity index (χ1n) is 8.70. The highest BCUT2D eigenvalue weighted by Crippen LogP contribution is 2.29. The van der Waals surface area contributed by atoms with Crippen LogP contribution in [-0.2, 0) is 11.3 Å². The first kappa shape index (κ1) is 17.6. The number of anilines is 2. The Bertz CT molecular complexity index is 1070. The second kappa shape index (κ2) is 7.42. The van der Waals surface area contributed by atoms with Gasteiger partial charge in [0.1, 0.15) is 16.2 Å². The van der Waals surface area contributed by atoms with E-state index in [9.17, 15) is 0 Å². The van der Waals surface area contributed by atoms with E-state index in [2.05, 4.69) is 25.5 Å². The zero-order valence-corrected chi connectivity index (χ0v) is 16.2. The number of aromatic nitrogens is 5. The third-order valence-corrected chi connectivity index (χ3v) is 4.88. The number of aryl methyl sites for hydroxylation is 1. The van der Waals surface area contributed by atoms with Crippen LogP contribution < -0.4 is 5.32 Å². The molecule has 0 bridgehead atoms. The van der Waals surface area contributed by atoms with Gasteiger partial charge in [0, 0.05) is 17.5 Å². The number of hydrogen-bond donors (Lipinski definition) is 2. The molecule has 138 valence electrons. The molecule has 4 aromatic rings. The van der Waals surface area contributed by atoms with Crippen molar-refractivity contribution in [2.75, 3.05) is 5.32 Å². The molecule has 0 aliphatic heterocycles. The fourth-order valence-electron chi connectivity index (χ4n) is 2.63. The Morgan fingerprint density at radius 1 is 1.22 bits per heavy atom. The number of H-pyrrole nitrogens is 1. The second-order valence-electron chi connectivity index (χ2n) is 6.48. The van der Waals surface area contributed by atoms with Gasteiger partial charge in [-0.1, -0.05) is 11.3 Å². The van der Waals surface area contributed by atoms with Crippen molar-refractivity contribution in [1.29, 1.82) is 0 Å². The first-order chi connectivity index (χ1) is 13.1. The lowest BCUT2D eigenvalue weighted by atomic mass is 10.2. The molecule has 0 saturated heterocycles. The molecule has 4 aromatic heterocycles. The minimum absolute atomic E-state index is 0.193. The summed E-state index contributed by atoms with van der Waals surface area (Å²) >= 11 is 1.50. The summed E-state index contributed by atoms with van der Waals surface area (Å²) in [5, 5.41) is 11.0. The molecule has 0 unspecified atom stereocenters. The van der Waals surface area contributed by atoms with Gasteiger partial charge in [0.2, 0.25) is 0 Å². The summed E-state index contributed by atoms with van der Waals surface area (Å²) in [7, 11) is 0. The van der Waals surface area contributed by atoms with Crippen LogP contribution in [0.1, 0.15) is 25.1 Å². The summed E-state index contributed by atoms with van der Waals surface area (Å²) in [4.78, 5) is 14.6. The first-order valence-corrected chi connectivity index (χ1v) is 9.51. The van der Waals surface area contributed by atoms with Crippen LogP contribution in [0.5, 0.6) is 0 Å². The number of aromatic amines is 1. The summed E-state index contributed by atoms with van der Waals surface area (Å²) in [6, 6.07) is 7.87. The average molecular weight is 380 g/mol. The van der Waals surface area contributed by atoms with E-state index >= 15 is 0 Å². The van der Waals surface area contributed by atoms with Gasteiger partial charge in [-0.05, 0) is 50.6 Å². The van der Waals surface area contributed by atoms with E-state index in [0.29, 0.717) is 6.61 Å². The van der Waals surface area contributed by atoms with Crippen LogP contribution in [0.15, 0.2) is 36.7 Å². The van der Waals surface area contributed by atoms with Crippen LogP contribution in [-0.4, -0.2) is 31.3 Å². The summed E-state index contributed by atoms with van der Waals surface area (Å²) in [6.45, 7) is 6.58. The Kier molecular flexibility index (Phi) is 4.83. The maximum Gasteiger partial charge on any atom is 0.190 e. The highest BCUT2D eigenvalue weighted by atomic mass is 32.1. The summed E-state index contributed by atoms with van der Waals surface area (Å²) in [5.74, 6) is 0.741. The molecule has 4 heterocycles. The summed E-state index contributed by atoms with van der Waals surface area (Å²) in [6.07, 6.45) is 3.75. The van der Waals surface area contributed by atoms with E-state index in [1.807, 2.05) is 45.0 Å². The predicted octanol–water partition coefficient (Wildman–Crippen LogP) is 4.45. The van der Waals surface area contributed by atoms with Gasteiger partial charge in [-0.2, -0.15) is 5.10 Å². The number of hydrogen-bond acceptors (Lipinski definition) is 7. The molecule has 0 aliphatic carbocycles. The van der Waals surface area contributed by atoms with E-state index < -0.39 is 0 Å². The fraction of sp³-hybridized carbons (Fsp3) is 0.263. The van der Waals surface area contributed by atoms with Crippen LogP contribution >= 0.6 is 11.3 Å². The van der Waals surface area contributed by atoms with Crippen LogP contribution in [0.2, 0.25) is 0 Å². The molecule has 27 heavy (non-hydrogen) atoms. The van der Waals surface area contributed by atoms with Crippen molar-refractivity contribution >= 4 is 32.6 Å². The van der Waals surface area contributed by atoms with E-state index in [1.165, 1.54) is 11.3 Å². The largest absolute Gasteiger partial charge is 0.374 e. The number of thiazole rings is 1. The minimum atomic E-state index is 0.193. The quantitative estimate of drug-likeness (QED) is 0.514. The van der Waals surface area contributed by atoms with Gasteiger partial charge >= 0.3 is 0 Å². The van der Waals surface area contributed by atoms with Gasteiger partial charge < -0.3 is 10.1 Å². The number of fused-ring (bicyclic) bond motifs is 1. The van der Waals surface area contributed by atoms with Crippen LogP contribution in [0.4, 0.5) is 10.9 Å². The third kappa shape index (κ3) is 3.96. The standard InChI is InChI=1S/C19H20N6OS/c1-11(2)26-10-13-6-7-20-17(8-13)24-19-23-16-5-4-15(22-18(16)27-19)14-9-21-25-12(14)3/h4-9,11H,10H2,1-3H3,(H,21,25)(H,20,23,24). The van der Waals surface area contributed by atoms with Crippen molar-refractivity contribution in [3.63, 3.8) is 0 Å². The summed E-state index contributed by atoms with van der Waals surface area (Å²) < 4.78 is 5.65. The molecular weight excluding hydrogens is 360 g/mol. The minimum Gasteiger partial charge on any atom is -0.374 e. The highest BCUT2D eigenvalue weighted by Gasteiger charge is 2.10.